The molecule has 2 N–H and O–H groups in total. The smallest absolute Gasteiger partial charge is 0.407 e. The van der Waals surface area contributed by atoms with Gasteiger partial charge < -0.3 is 20.1 Å². The lowest BCUT2D eigenvalue weighted by molar-refractivity contribution is 0.0526. The van der Waals surface area contributed by atoms with Gasteiger partial charge in [0.25, 0.3) is 0 Å². The van der Waals surface area contributed by atoms with Crippen LogP contribution < -0.4 is 10.6 Å². The number of unbranched alkanes of at least 4 members (excludes halogenated alkanes) is 1. The zero-order valence-electron chi connectivity index (χ0n) is 14.9. The maximum Gasteiger partial charge on any atom is 0.407 e. The summed E-state index contributed by atoms with van der Waals surface area (Å²) >= 11 is 1.89. The number of carbonyl (C=O) groups is 1. The molecular formula is C16H34N2O3S. The molecule has 0 saturated heterocycles. The number of methoxy groups -OCH3 is 1. The molecule has 0 radical (unpaired) electrons. The van der Waals surface area contributed by atoms with Gasteiger partial charge in [-0.3, -0.25) is 0 Å². The van der Waals surface area contributed by atoms with Crippen LogP contribution in [0.2, 0.25) is 0 Å². The molecule has 22 heavy (non-hydrogen) atoms. The fourth-order valence-electron chi connectivity index (χ4n) is 1.98. The van der Waals surface area contributed by atoms with E-state index in [1.807, 2.05) is 32.5 Å². The molecule has 0 aromatic heterocycles. The molecule has 0 heterocycles. The van der Waals surface area contributed by atoms with E-state index in [1.54, 1.807) is 7.11 Å². The lowest BCUT2D eigenvalue weighted by Gasteiger charge is -2.20. The first-order valence-electron chi connectivity index (χ1n) is 8.07. The van der Waals surface area contributed by atoms with Crippen molar-refractivity contribution in [1.29, 1.82) is 0 Å². The maximum absolute atomic E-state index is 11.5. The lowest BCUT2D eigenvalue weighted by atomic mass is 10.1. The van der Waals surface area contributed by atoms with Gasteiger partial charge in [-0.1, -0.05) is 0 Å². The molecule has 0 aliphatic rings. The third kappa shape index (κ3) is 14.5. The van der Waals surface area contributed by atoms with Crippen LogP contribution in [0.1, 0.15) is 46.5 Å². The summed E-state index contributed by atoms with van der Waals surface area (Å²) in [5.41, 5.74) is -0.443. The number of carbonyl (C=O) groups excluding carboxylic acids is 1. The normalized spacial score (nSPS) is 13.0. The van der Waals surface area contributed by atoms with Crippen LogP contribution in [0.3, 0.4) is 0 Å². The van der Waals surface area contributed by atoms with Crippen molar-refractivity contribution >= 4 is 17.9 Å². The molecule has 5 nitrogen and oxygen atoms in total. The van der Waals surface area contributed by atoms with Crippen LogP contribution in [0.5, 0.6) is 0 Å². The Kier molecular flexibility index (Phi) is 12.8. The van der Waals surface area contributed by atoms with Crippen LogP contribution in [-0.4, -0.2) is 56.6 Å². The van der Waals surface area contributed by atoms with Gasteiger partial charge in [-0.05, 0) is 65.0 Å². The minimum absolute atomic E-state index is 0.346. The summed E-state index contributed by atoms with van der Waals surface area (Å²) in [4.78, 5) is 11.5. The second-order valence-electron chi connectivity index (χ2n) is 6.38. The molecule has 0 fully saturated rings. The first-order chi connectivity index (χ1) is 10.4. The molecular weight excluding hydrogens is 300 g/mol. The summed E-state index contributed by atoms with van der Waals surface area (Å²) in [5, 5.41) is 6.32. The van der Waals surface area contributed by atoms with E-state index in [1.165, 1.54) is 18.6 Å². The Morgan fingerprint density at radius 1 is 1.18 bits per heavy atom. The monoisotopic (exact) mass is 334 g/mol. The van der Waals surface area contributed by atoms with Gasteiger partial charge in [-0.25, -0.2) is 4.79 Å². The van der Waals surface area contributed by atoms with Crippen molar-refractivity contribution in [2.75, 3.05) is 38.8 Å². The summed E-state index contributed by atoms with van der Waals surface area (Å²) < 4.78 is 10.4. The predicted molar refractivity (Wildman–Crippen MR) is 94.8 cm³/mol. The summed E-state index contributed by atoms with van der Waals surface area (Å²) in [6.45, 7) is 7.94. The van der Waals surface area contributed by atoms with Crippen molar-refractivity contribution in [3.05, 3.63) is 0 Å². The minimum atomic E-state index is -0.443. The van der Waals surface area contributed by atoms with E-state index in [0.717, 1.165) is 19.4 Å². The van der Waals surface area contributed by atoms with E-state index in [4.69, 9.17) is 9.47 Å². The predicted octanol–water partition coefficient (Wildman–Crippen LogP) is 3.04. The van der Waals surface area contributed by atoms with Crippen LogP contribution in [0.15, 0.2) is 0 Å². The van der Waals surface area contributed by atoms with Crippen LogP contribution in [0, 0.1) is 0 Å². The Morgan fingerprint density at radius 3 is 2.50 bits per heavy atom. The van der Waals surface area contributed by atoms with Crippen molar-refractivity contribution < 1.29 is 14.3 Å². The lowest BCUT2D eigenvalue weighted by Crippen LogP contribution is -2.36. The Balaban J connectivity index is 3.74. The standard InChI is InChI=1S/C16H34N2O3S/c1-16(2,3)21-15(19)18-11-8-9-14(13-20-4)17-10-6-7-12-22-5/h14,17H,6-13H2,1-5H3,(H,18,19). The molecule has 0 saturated carbocycles. The fourth-order valence-corrected chi connectivity index (χ4v) is 2.47. The molecule has 0 aliphatic carbocycles. The highest BCUT2D eigenvalue weighted by atomic mass is 32.2. The van der Waals surface area contributed by atoms with E-state index >= 15 is 0 Å². The number of rotatable bonds is 12. The van der Waals surface area contributed by atoms with E-state index in [9.17, 15) is 4.79 Å². The molecule has 0 aliphatic heterocycles. The third-order valence-corrected chi connectivity index (χ3v) is 3.67. The van der Waals surface area contributed by atoms with Crippen LogP contribution in [-0.2, 0) is 9.47 Å². The second-order valence-corrected chi connectivity index (χ2v) is 7.36. The van der Waals surface area contributed by atoms with Gasteiger partial charge in [-0.2, -0.15) is 11.8 Å². The van der Waals surface area contributed by atoms with Crippen molar-refractivity contribution in [2.45, 2.75) is 58.1 Å². The second kappa shape index (κ2) is 13.0. The summed E-state index contributed by atoms with van der Waals surface area (Å²) in [5.74, 6) is 1.22. The van der Waals surface area contributed by atoms with Crippen LogP contribution >= 0.6 is 11.8 Å². The van der Waals surface area contributed by atoms with Gasteiger partial charge in [0.1, 0.15) is 5.60 Å². The molecule has 0 aromatic carbocycles. The number of ether oxygens (including phenoxy) is 2. The average Bonchev–Trinajstić information content (AvgIpc) is 2.41. The number of thioether (sulfide) groups is 1. The summed E-state index contributed by atoms with van der Waals surface area (Å²) in [6, 6.07) is 0.347. The summed E-state index contributed by atoms with van der Waals surface area (Å²) in [7, 11) is 1.72. The highest BCUT2D eigenvalue weighted by molar-refractivity contribution is 7.98. The molecule has 0 rings (SSSR count). The zero-order chi connectivity index (χ0) is 16.8. The van der Waals surface area contributed by atoms with Crippen molar-refractivity contribution in [3.63, 3.8) is 0 Å². The largest absolute Gasteiger partial charge is 0.444 e. The van der Waals surface area contributed by atoms with E-state index in [0.29, 0.717) is 19.2 Å². The van der Waals surface area contributed by atoms with Crippen LogP contribution in [0.4, 0.5) is 4.79 Å². The quantitative estimate of drug-likeness (QED) is 0.537. The van der Waals surface area contributed by atoms with E-state index in [-0.39, 0.29) is 6.09 Å². The molecule has 1 atom stereocenters. The SMILES string of the molecule is COCC(CCCNC(=O)OC(C)(C)C)NCCCCSC. The molecule has 1 unspecified atom stereocenters. The Labute approximate surface area is 140 Å². The number of hydrogen-bond acceptors (Lipinski definition) is 5. The molecule has 0 spiro atoms. The van der Waals surface area contributed by atoms with Gasteiger partial charge in [0.15, 0.2) is 0 Å². The first-order valence-corrected chi connectivity index (χ1v) is 9.46. The molecule has 1 amide bonds. The zero-order valence-corrected chi connectivity index (χ0v) is 15.7. The molecule has 132 valence electrons. The third-order valence-electron chi connectivity index (χ3n) is 2.97. The van der Waals surface area contributed by atoms with E-state index in [2.05, 4.69) is 16.9 Å². The minimum Gasteiger partial charge on any atom is -0.444 e. The fraction of sp³-hybridized carbons (Fsp3) is 0.938. The highest BCUT2D eigenvalue weighted by Gasteiger charge is 2.15. The van der Waals surface area contributed by atoms with Gasteiger partial charge >= 0.3 is 6.09 Å². The van der Waals surface area contributed by atoms with Gasteiger partial charge in [-0.15, -0.1) is 0 Å². The highest BCUT2D eigenvalue weighted by Crippen LogP contribution is 2.06. The number of nitrogens with one attached hydrogen (secondary N) is 2. The Bertz CT molecular complexity index is 283. The molecule has 0 aromatic rings. The maximum atomic E-state index is 11.5. The number of hydrogen-bond donors (Lipinski definition) is 2. The average molecular weight is 335 g/mol. The molecule has 0 bridgehead atoms. The molecule has 6 heteroatoms. The van der Waals surface area contributed by atoms with Gasteiger partial charge in [0, 0.05) is 19.7 Å². The van der Waals surface area contributed by atoms with Crippen molar-refractivity contribution in [1.82, 2.24) is 10.6 Å². The van der Waals surface area contributed by atoms with Gasteiger partial charge in [0.05, 0.1) is 6.61 Å². The van der Waals surface area contributed by atoms with E-state index < -0.39 is 5.60 Å². The number of alkyl carbamates (subject to hydrolysis) is 1. The van der Waals surface area contributed by atoms with Crippen molar-refractivity contribution in [3.8, 4) is 0 Å². The van der Waals surface area contributed by atoms with Crippen LogP contribution in [0.25, 0.3) is 0 Å². The Morgan fingerprint density at radius 2 is 1.91 bits per heavy atom. The number of amides is 1. The van der Waals surface area contributed by atoms with Crippen molar-refractivity contribution in [2.24, 2.45) is 0 Å². The van der Waals surface area contributed by atoms with Gasteiger partial charge in [0.2, 0.25) is 0 Å². The first kappa shape index (κ1) is 21.5. The summed E-state index contributed by atoms with van der Waals surface area (Å²) in [6.07, 6.45) is 6.11. The Hall–Kier alpha value is -0.460. The topological polar surface area (TPSA) is 59.6 Å².